The quantitative estimate of drug-likeness (QED) is 0.455. The largest absolute Gasteiger partial charge is 0.490 e. The fraction of sp³-hybridized carbons (Fsp3) is 0.250. The second kappa shape index (κ2) is 7.30. The van der Waals surface area contributed by atoms with Crippen LogP contribution in [0.2, 0.25) is 0 Å². The Kier molecular flexibility index (Phi) is 4.93. The predicted molar refractivity (Wildman–Crippen MR) is 96.0 cm³/mol. The zero-order valence-corrected chi connectivity index (χ0v) is 14.2. The number of nitroso groups, excluding NO2 is 1. The molecule has 0 fully saturated rings. The summed E-state index contributed by atoms with van der Waals surface area (Å²) in [6.45, 7) is 4.34. The molecule has 0 bridgehead atoms. The summed E-state index contributed by atoms with van der Waals surface area (Å²) in [6, 6.07) is 13.6. The molecule has 1 heterocycles. The third-order valence-corrected chi connectivity index (χ3v) is 4.24. The van der Waals surface area contributed by atoms with Gasteiger partial charge in [-0.2, -0.15) is 0 Å². The van der Waals surface area contributed by atoms with Crippen LogP contribution in [0.4, 0.5) is 5.69 Å². The van der Waals surface area contributed by atoms with Crippen LogP contribution >= 0.6 is 0 Å². The van der Waals surface area contributed by atoms with Gasteiger partial charge in [0.1, 0.15) is 0 Å². The van der Waals surface area contributed by atoms with Crippen LogP contribution in [-0.2, 0) is 9.53 Å². The lowest BCUT2D eigenvalue weighted by Gasteiger charge is -2.11. The van der Waals surface area contributed by atoms with Crippen molar-refractivity contribution in [3.05, 3.63) is 70.1 Å². The van der Waals surface area contributed by atoms with Crippen LogP contribution in [-0.4, -0.2) is 19.2 Å². The fourth-order valence-corrected chi connectivity index (χ4v) is 3.01. The predicted octanol–water partition coefficient (Wildman–Crippen LogP) is 4.58. The van der Waals surface area contributed by atoms with Gasteiger partial charge >= 0.3 is 5.97 Å². The van der Waals surface area contributed by atoms with Crippen molar-refractivity contribution < 1.29 is 14.3 Å². The molecule has 0 aliphatic carbocycles. The van der Waals surface area contributed by atoms with Crippen molar-refractivity contribution in [2.45, 2.75) is 19.8 Å². The summed E-state index contributed by atoms with van der Waals surface area (Å²) in [4.78, 5) is 23.0. The van der Waals surface area contributed by atoms with Gasteiger partial charge in [-0.3, -0.25) is 0 Å². The van der Waals surface area contributed by atoms with Crippen LogP contribution in [0, 0.1) is 4.91 Å². The van der Waals surface area contributed by atoms with Gasteiger partial charge in [0.05, 0.1) is 13.2 Å². The number of carbonyl (C=O) groups excluding carboxylic acids is 1. The number of nitrogens with zero attached hydrogens (tertiary/aromatic N) is 1. The van der Waals surface area contributed by atoms with Gasteiger partial charge in [0.25, 0.3) is 0 Å². The molecule has 2 aromatic carbocycles. The highest BCUT2D eigenvalue weighted by atomic mass is 16.5. The number of rotatable bonds is 5. The number of hydrogen-bond donors (Lipinski definition) is 0. The molecule has 1 unspecified atom stereocenters. The summed E-state index contributed by atoms with van der Waals surface area (Å²) in [5.41, 5.74) is 3.75. The third kappa shape index (κ3) is 3.45. The van der Waals surface area contributed by atoms with E-state index >= 15 is 0 Å². The molecule has 0 radical (unpaired) electrons. The highest BCUT2D eigenvalue weighted by molar-refractivity contribution is 5.91. The van der Waals surface area contributed by atoms with E-state index in [2.05, 4.69) is 5.18 Å². The van der Waals surface area contributed by atoms with Crippen molar-refractivity contribution >= 4 is 17.2 Å². The lowest BCUT2D eigenvalue weighted by molar-refractivity contribution is -0.137. The van der Waals surface area contributed by atoms with E-state index in [9.17, 15) is 9.70 Å². The number of fused-ring (bicyclic) bond motifs is 1. The van der Waals surface area contributed by atoms with Gasteiger partial charge in [0, 0.05) is 17.6 Å². The van der Waals surface area contributed by atoms with Crippen LogP contribution in [0.15, 0.2) is 53.7 Å². The van der Waals surface area contributed by atoms with Gasteiger partial charge < -0.3 is 9.47 Å². The standard InChI is InChI=1S/C20H19NO4/c1-3-24-19(22)9-13(2)15-10-16-17(14-7-5-4-6-8-14)12-25-20(16)18(11-15)21-23/h4-11,17H,3,12H2,1-2H3/b13-9+. The average molecular weight is 337 g/mol. The summed E-state index contributed by atoms with van der Waals surface area (Å²) in [6.07, 6.45) is 1.42. The van der Waals surface area contributed by atoms with E-state index in [0.29, 0.717) is 24.5 Å². The third-order valence-electron chi connectivity index (χ3n) is 4.24. The molecule has 25 heavy (non-hydrogen) atoms. The average Bonchev–Trinajstić information content (AvgIpc) is 3.05. The van der Waals surface area contributed by atoms with Crippen molar-refractivity contribution in [2.75, 3.05) is 13.2 Å². The first-order chi connectivity index (χ1) is 12.1. The normalized spacial score (nSPS) is 16.1. The van der Waals surface area contributed by atoms with E-state index in [4.69, 9.17) is 9.47 Å². The molecule has 5 nitrogen and oxygen atoms in total. The molecule has 128 valence electrons. The van der Waals surface area contributed by atoms with Crippen molar-refractivity contribution in [2.24, 2.45) is 5.18 Å². The first-order valence-electron chi connectivity index (χ1n) is 8.18. The zero-order valence-electron chi connectivity index (χ0n) is 14.2. The van der Waals surface area contributed by atoms with Crippen molar-refractivity contribution in [3.8, 4) is 5.75 Å². The van der Waals surface area contributed by atoms with Gasteiger partial charge in [0.2, 0.25) is 0 Å². The summed E-state index contributed by atoms with van der Waals surface area (Å²) in [7, 11) is 0. The Bertz CT molecular complexity index is 827. The second-order valence-corrected chi connectivity index (χ2v) is 5.86. The van der Waals surface area contributed by atoms with E-state index < -0.39 is 5.97 Å². The minimum atomic E-state index is -0.406. The Morgan fingerprint density at radius 2 is 2.08 bits per heavy atom. The van der Waals surface area contributed by atoms with Crippen LogP contribution in [0.1, 0.15) is 36.5 Å². The fourth-order valence-electron chi connectivity index (χ4n) is 3.01. The second-order valence-electron chi connectivity index (χ2n) is 5.86. The lowest BCUT2D eigenvalue weighted by Crippen LogP contribution is -2.02. The molecule has 0 amide bonds. The van der Waals surface area contributed by atoms with E-state index in [0.717, 1.165) is 16.7 Å². The Balaban J connectivity index is 2.04. The topological polar surface area (TPSA) is 65.0 Å². The number of benzene rings is 2. The minimum Gasteiger partial charge on any atom is -0.490 e. The van der Waals surface area contributed by atoms with Crippen LogP contribution in [0.3, 0.4) is 0 Å². The van der Waals surface area contributed by atoms with Gasteiger partial charge in [-0.1, -0.05) is 30.3 Å². The SMILES string of the molecule is CCOC(=O)/C=C(\C)c1cc(N=O)c2c(c1)C(c1ccccc1)CO2. The summed E-state index contributed by atoms with van der Waals surface area (Å²) < 4.78 is 10.7. The highest BCUT2D eigenvalue weighted by Gasteiger charge is 2.29. The molecular weight excluding hydrogens is 318 g/mol. The number of allylic oxidation sites excluding steroid dienone is 1. The van der Waals surface area contributed by atoms with Crippen LogP contribution in [0.5, 0.6) is 5.75 Å². The molecule has 0 saturated heterocycles. The summed E-state index contributed by atoms with van der Waals surface area (Å²) in [5.74, 6) is 0.153. The molecule has 3 rings (SSSR count). The van der Waals surface area contributed by atoms with Gasteiger partial charge in [0.15, 0.2) is 11.4 Å². The monoisotopic (exact) mass is 337 g/mol. The van der Waals surface area contributed by atoms with Crippen LogP contribution < -0.4 is 4.74 Å². The smallest absolute Gasteiger partial charge is 0.331 e. The number of hydrogen-bond acceptors (Lipinski definition) is 5. The van der Waals surface area contributed by atoms with Gasteiger partial charge in [-0.25, -0.2) is 4.79 Å². The van der Waals surface area contributed by atoms with Gasteiger partial charge in [-0.05, 0) is 47.9 Å². The van der Waals surface area contributed by atoms with E-state index in [1.807, 2.05) is 36.4 Å². The molecule has 0 saturated carbocycles. The maximum Gasteiger partial charge on any atom is 0.331 e. The Morgan fingerprint density at radius 1 is 1.32 bits per heavy atom. The van der Waals surface area contributed by atoms with E-state index in [1.165, 1.54) is 6.08 Å². The Labute approximate surface area is 146 Å². The Morgan fingerprint density at radius 3 is 2.76 bits per heavy atom. The van der Waals surface area contributed by atoms with Crippen molar-refractivity contribution in [3.63, 3.8) is 0 Å². The molecule has 0 N–H and O–H groups in total. The molecular formula is C20H19NO4. The maximum atomic E-state index is 11.7. The number of ether oxygens (including phenoxy) is 2. The first kappa shape index (κ1) is 16.9. The Hall–Kier alpha value is -2.95. The molecule has 1 aliphatic heterocycles. The highest BCUT2D eigenvalue weighted by Crippen LogP contribution is 2.45. The number of carbonyl (C=O) groups is 1. The van der Waals surface area contributed by atoms with Gasteiger partial charge in [-0.15, -0.1) is 4.91 Å². The molecule has 0 spiro atoms. The molecule has 2 aromatic rings. The molecule has 0 aromatic heterocycles. The lowest BCUT2D eigenvalue weighted by atomic mass is 9.90. The van der Waals surface area contributed by atoms with Crippen molar-refractivity contribution in [1.82, 2.24) is 0 Å². The van der Waals surface area contributed by atoms with Crippen molar-refractivity contribution in [1.29, 1.82) is 0 Å². The van der Waals surface area contributed by atoms with Crippen LogP contribution in [0.25, 0.3) is 5.57 Å². The van der Waals surface area contributed by atoms with E-state index in [-0.39, 0.29) is 11.6 Å². The number of esters is 1. The summed E-state index contributed by atoms with van der Waals surface area (Å²) >= 11 is 0. The maximum absolute atomic E-state index is 11.7. The van der Waals surface area contributed by atoms with E-state index in [1.54, 1.807) is 19.9 Å². The molecule has 1 atom stereocenters. The minimum absolute atomic E-state index is 0.0343. The molecule has 5 heteroatoms. The molecule has 1 aliphatic rings. The first-order valence-corrected chi connectivity index (χ1v) is 8.18. The summed E-state index contributed by atoms with van der Waals surface area (Å²) in [5, 5.41) is 3.11. The zero-order chi connectivity index (χ0) is 17.8.